The number of carbonyl (C=O) groups excluding carboxylic acids is 4. The quantitative estimate of drug-likeness (QED) is 0.228. The van der Waals surface area contributed by atoms with E-state index in [1.165, 1.54) is 24.6 Å². The molecule has 1 aromatic carbocycles. The molecule has 1 aliphatic carbocycles. The minimum absolute atomic E-state index is 0.0116. The summed E-state index contributed by atoms with van der Waals surface area (Å²) in [7, 11) is 0. The first kappa shape index (κ1) is 33.9. The van der Waals surface area contributed by atoms with E-state index in [0.717, 1.165) is 60.6 Å². The van der Waals surface area contributed by atoms with Gasteiger partial charge in [0.25, 0.3) is 0 Å². The smallest absolute Gasteiger partial charge is 0.328 e. The van der Waals surface area contributed by atoms with Crippen LogP contribution in [0.4, 0.5) is 17.6 Å². The van der Waals surface area contributed by atoms with Crippen molar-refractivity contribution in [3.63, 3.8) is 0 Å². The number of aromatic nitrogens is 3. The predicted molar refractivity (Wildman–Crippen MR) is 169 cm³/mol. The van der Waals surface area contributed by atoms with Crippen LogP contribution in [0.25, 0.3) is 10.9 Å². The van der Waals surface area contributed by atoms with Gasteiger partial charge in [-0.25, -0.2) is 9.37 Å². The number of hydrogen-bond acceptors (Lipinski definition) is 6. The van der Waals surface area contributed by atoms with E-state index < -0.39 is 53.7 Å². The fraction of sp³-hybridized carbons (Fsp3) is 0.556. The molecule has 4 heterocycles. The van der Waals surface area contributed by atoms with Gasteiger partial charge in [0.05, 0.1) is 30.2 Å². The second kappa shape index (κ2) is 12.5. The van der Waals surface area contributed by atoms with Crippen molar-refractivity contribution in [2.45, 2.75) is 116 Å². The minimum atomic E-state index is -4.72. The highest BCUT2D eigenvalue weighted by Crippen LogP contribution is 2.52. The molecule has 2 aromatic heterocycles. The van der Waals surface area contributed by atoms with Crippen molar-refractivity contribution in [2.75, 3.05) is 6.54 Å². The van der Waals surface area contributed by atoms with E-state index in [4.69, 9.17) is 0 Å². The number of Topliss-reactive ketones (excluding diaryl/α,β-unsaturated/α-hetero) is 3. The number of rotatable bonds is 4. The molecule has 2 bridgehead atoms. The Hall–Kier alpha value is -3.96. The van der Waals surface area contributed by atoms with Gasteiger partial charge >= 0.3 is 6.18 Å². The van der Waals surface area contributed by atoms with Gasteiger partial charge in [-0.1, -0.05) is 30.5 Å². The zero-order valence-corrected chi connectivity index (χ0v) is 27.5. The van der Waals surface area contributed by atoms with Gasteiger partial charge in [-0.3, -0.25) is 23.9 Å². The lowest BCUT2D eigenvalue weighted by atomic mass is 9.86. The third-order valence-electron chi connectivity index (χ3n) is 10.4. The van der Waals surface area contributed by atoms with Crippen molar-refractivity contribution < 1.29 is 36.7 Å². The highest BCUT2D eigenvalue weighted by atomic mass is 19.4. The molecule has 12 heteroatoms. The van der Waals surface area contributed by atoms with Crippen LogP contribution in [0.15, 0.2) is 24.3 Å². The summed E-state index contributed by atoms with van der Waals surface area (Å²) in [5, 5.41) is 5.14. The first-order chi connectivity index (χ1) is 22.6. The number of carbonyl (C=O) groups is 4. The molecular weight excluding hydrogens is 628 g/mol. The SMILES string of the molecule is CC(=O)c1nn2c3c(cc(C)cc13)CCCCCC1(CC1)C(=O)CC[C@@]1(F)C[C@@H](C(=O)Cc3nc(C(F)(F)F)ccc3C)N(C1)C(=O)C2. The zero-order valence-electron chi connectivity index (χ0n) is 27.5. The Kier molecular flexibility index (Phi) is 8.83. The monoisotopic (exact) mass is 668 g/mol. The minimum Gasteiger partial charge on any atom is -0.328 e. The first-order valence-corrected chi connectivity index (χ1v) is 16.7. The number of nitrogens with zero attached hydrogens (tertiary/aromatic N) is 4. The number of pyridine rings is 1. The number of alkyl halides is 4. The summed E-state index contributed by atoms with van der Waals surface area (Å²) in [5.74, 6) is -1.51. The summed E-state index contributed by atoms with van der Waals surface area (Å²) in [5.41, 5.74) is -0.665. The molecule has 2 atom stereocenters. The van der Waals surface area contributed by atoms with Crippen LogP contribution >= 0.6 is 0 Å². The highest BCUT2D eigenvalue weighted by Gasteiger charge is 2.52. The van der Waals surface area contributed by atoms with E-state index in [1.54, 1.807) is 0 Å². The van der Waals surface area contributed by atoms with Crippen molar-refractivity contribution >= 4 is 34.2 Å². The van der Waals surface area contributed by atoms with Gasteiger partial charge in [-0.05, 0) is 75.6 Å². The molecule has 0 radical (unpaired) electrons. The number of fused-ring (bicyclic) bond motifs is 2. The Morgan fingerprint density at radius 1 is 1.00 bits per heavy atom. The maximum atomic E-state index is 16.7. The molecule has 1 spiro atoms. The number of aryl methyl sites for hydroxylation is 3. The molecule has 1 saturated heterocycles. The largest absolute Gasteiger partial charge is 0.433 e. The molecule has 6 rings (SSSR count). The Labute approximate surface area is 276 Å². The van der Waals surface area contributed by atoms with Crippen LogP contribution in [0.3, 0.4) is 0 Å². The fourth-order valence-electron chi connectivity index (χ4n) is 7.58. The van der Waals surface area contributed by atoms with Gasteiger partial charge in [-0.15, -0.1) is 0 Å². The van der Waals surface area contributed by atoms with Crippen molar-refractivity contribution in [1.29, 1.82) is 0 Å². The molecule has 0 unspecified atom stereocenters. The molecule has 2 aliphatic heterocycles. The predicted octanol–water partition coefficient (Wildman–Crippen LogP) is 6.64. The lowest BCUT2D eigenvalue weighted by Crippen LogP contribution is -2.43. The standard InChI is InChI=1S/C36H40F4N4O4/c1-21-15-24-7-5-4-6-11-34(13-14-34)30(47)10-12-35(37)18-27(28(46)17-26-22(2)8-9-29(41-26)36(38,39)40)43(20-35)31(48)19-44-33(24)25(16-21)32(42-44)23(3)45/h8-9,15-16,27H,4-7,10-14,17-20H2,1-3H3/t27-,35+/m0/s1. The average Bonchev–Trinajstić information content (AvgIpc) is 3.59. The summed E-state index contributed by atoms with van der Waals surface area (Å²) >= 11 is 0. The first-order valence-electron chi connectivity index (χ1n) is 16.7. The van der Waals surface area contributed by atoms with E-state index in [9.17, 15) is 32.3 Å². The molecule has 8 nitrogen and oxygen atoms in total. The number of halogens is 4. The van der Waals surface area contributed by atoms with Crippen LogP contribution in [0.1, 0.15) is 103 Å². The number of hydrogen-bond donors (Lipinski definition) is 0. The number of amides is 1. The van der Waals surface area contributed by atoms with Crippen molar-refractivity contribution in [1.82, 2.24) is 19.7 Å². The van der Waals surface area contributed by atoms with Gasteiger partial charge in [0.1, 0.15) is 29.4 Å². The Bertz CT molecular complexity index is 1810. The average molecular weight is 669 g/mol. The fourth-order valence-corrected chi connectivity index (χ4v) is 7.58. The van der Waals surface area contributed by atoms with E-state index >= 15 is 4.39 Å². The molecule has 3 aromatic rings. The summed E-state index contributed by atoms with van der Waals surface area (Å²) in [6.45, 7) is 4.05. The lowest BCUT2D eigenvalue weighted by molar-refractivity contribution is -0.141. The Morgan fingerprint density at radius 3 is 2.44 bits per heavy atom. The normalized spacial score (nSPS) is 23.5. The molecule has 256 valence electrons. The zero-order chi connectivity index (χ0) is 34.6. The van der Waals surface area contributed by atoms with Gasteiger partial charge < -0.3 is 4.90 Å². The molecule has 48 heavy (non-hydrogen) atoms. The summed E-state index contributed by atoms with van der Waals surface area (Å²) in [6.07, 6.45) is -0.284. The van der Waals surface area contributed by atoms with Crippen LogP contribution in [0.2, 0.25) is 0 Å². The van der Waals surface area contributed by atoms with Crippen LogP contribution in [0, 0.1) is 19.3 Å². The van der Waals surface area contributed by atoms with E-state index in [0.29, 0.717) is 22.9 Å². The van der Waals surface area contributed by atoms with E-state index in [1.807, 2.05) is 19.1 Å². The maximum absolute atomic E-state index is 16.7. The molecular formula is C36H40F4N4O4. The molecule has 2 fully saturated rings. The van der Waals surface area contributed by atoms with Crippen molar-refractivity contribution in [2.24, 2.45) is 5.41 Å². The van der Waals surface area contributed by atoms with E-state index in [-0.39, 0.29) is 48.8 Å². The van der Waals surface area contributed by atoms with Gasteiger partial charge in [0.15, 0.2) is 11.6 Å². The topological polar surface area (TPSA) is 102 Å². The summed E-state index contributed by atoms with van der Waals surface area (Å²) in [6, 6.07) is 4.65. The third kappa shape index (κ3) is 6.67. The Balaban J connectivity index is 1.38. The van der Waals surface area contributed by atoms with Crippen molar-refractivity contribution in [3.05, 3.63) is 58.0 Å². The molecule has 3 aliphatic rings. The second-order valence-electron chi connectivity index (χ2n) is 14.1. The lowest BCUT2D eigenvalue weighted by Gasteiger charge is -2.24. The van der Waals surface area contributed by atoms with E-state index in [2.05, 4.69) is 10.1 Å². The number of benzene rings is 1. The van der Waals surface area contributed by atoms with Gasteiger partial charge in [-0.2, -0.15) is 18.3 Å². The van der Waals surface area contributed by atoms with Crippen molar-refractivity contribution in [3.8, 4) is 0 Å². The molecule has 1 amide bonds. The van der Waals surface area contributed by atoms with Crippen LogP contribution in [0.5, 0.6) is 0 Å². The second-order valence-corrected chi connectivity index (χ2v) is 14.1. The third-order valence-corrected chi connectivity index (χ3v) is 10.4. The van der Waals surface area contributed by atoms with Crippen LogP contribution in [-0.2, 0) is 39.9 Å². The van der Waals surface area contributed by atoms with Gasteiger partial charge in [0, 0.05) is 30.6 Å². The number of ketones is 3. The Morgan fingerprint density at radius 2 is 1.75 bits per heavy atom. The molecule has 1 saturated carbocycles. The molecule has 0 N–H and O–H groups in total. The summed E-state index contributed by atoms with van der Waals surface area (Å²) in [4.78, 5) is 58.7. The van der Waals surface area contributed by atoms with Crippen LogP contribution < -0.4 is 0 Å². The van der Waals surface area contributed by atoms with Crippen LogP contribution in [-0.4, -0.2) is 61.2 Å². The highest BCUT2D eigenvalue weighted by molar-refractivity contribution is 6.06. The van der Waals surface area contributed by atoms with Gasteiger partial charge in [0.2, 0.25) is 5.91 Å². The summed E-state index contributed by atoms with van der Waals surface area (Å²) < 4.78 is 58.5. The maximum Gasteiger partial charge on any atom is 0.433 e.